The SMILES string of the molecule is CN(C)C/C=C/C(=O)Nc1ccc(C(=O)N[C@@H]2CNC[C@@H](Nc3ncc(Cl)c(-c4c[nH]c5ccccc45)n3)C2)cc1. The number of halogens is 1. The highest BCUT2D eigenvalue weighted by Crippen LogP contribution is 2.32. The second-order valence-corrected chi connectivity index (χ2v) is 10.7. The average Bonchev–Trinajstić information content (AvgIpc) is 3.38. The number of carbonyl (C=O) groups is 2. The van der Waals surface area contributed by atoms with E-state index in [-0.39, 0.29) is 23.9 Å². The molecule has 1 fully saturated rings. The number of H-pyrrole nitrogens is 1. The molecule has 212 valence electrons. The number of hydrogen-bond donors (Lipinski definition) is 5. The summed E-state index contributed by atoms with van der Waals surface area (Å²) < 4.78 is 0. The third-order valence-electron chi connectivity index (χ3n) is 6.76. The first-order valence-electron chi connectivity index (χ1n) is 13.4. The Labute approximate surface area is 243 Å². The Morgan fingerprint density at radius 3 is 2.68 bits per heavy atom. The van der Waals surface area contributed by atoms with Gasteiger partial charge in [-0.3, -0.25) is 9.59 Å². The molecule has 41 heavy (non-hydrogen) atoms. The Hall–Kier alpha value is -4.25. The van der Waals surface area contributed by atoms with Gasteiger partial charge in [0.15, 0.2) is 0 Å². The van der Waals surface area contributed by atoms with Gasteiger partial charge in [0.2, 0.25) is 11.9 Å². The van der Waals surface area contributed by atoms with E-state index in [1.807, 2.05) is 49.5 Å². The number of nitrogens with one attached hydrogen (secondary N) is 5. The number of para-hydroxylation sites is 1. The van der Waals surface area contributed by atoms with Gasteiger partial charge in [-0.25, -0.2) is 9.97 Å². The van der Waals surface area contributed by atoms with Crippen molar-refractivity contribution in [1.29, 1.82) is 0 Å². The van der Waals surface area contributed by atoms with Crippen LogP contribution < -0.4 is 21.3 Å². The lowest BCUT2D eigenvalue weighted by atomic mass is 10.0. The highest BCUT2D eigenvalue weighted by atomic mass is 35.5. The molecule has 5 rings (SSSR count). The molecule has 11 heteroatoms. The van der Waals surface area contributed by atoms with Crippen molar-refractivity contribution in [2.24, 2.45) is 0 Å². The maximum atomic E-state index is 12.9. The Morgan fingerprint density at radius 1 is 1.10 bits per heavy atom. The van der Waals surface area contributed by atoms with E-state index >= 15 is 0 Å². The van der Waals surface area contributed by atoms with Gasteiger partial charge in [0.25, 0.3) is 5.91 Å². The van der Waals surface area contributed by atoms with Crippen LogP contribution in [0.15, 0.2) is 73.1 Å². The number of aromatic amines is 1. The molecule has 1 saturated heterocycles. The fraction of sp³-hybridized carbons (Fsp3) is 0.267. The number of likely N-dealkylation sites (N-methyl/N-ethyl adjacent to an activating group) is 1. The standard InChI is InChI=1S/C30H33ClN8O2/c1-39(2)13-5-8-27(40)35-20-11-9-19(10-12-20)29(41)36-21-14-22(16-32-15-21)37-30-34-18-25(31)28(38-30)24-17-33-26-7-4-3-6-23(24)26/h3-12,17-18,21-22,32-33H,13-16H2,1-2H3,(H,35,40)(H,36,41)(H,34,37,38)/b8-5+/t21-,22-/m0/s1. The number of benzene rings is 2. The Morgan fingerprint density at radius 2 is 1.88 bits per heavy atom. The second-order valence-electron chi connectivity index (χ2n) is 10.3. The maximum Gasteiger partial charge on any atom is 0.251 e. The zero-order valence-corrected chi connectivity index (χ0v) is 23.7. The van der Waals surface area contributed by atoms with E-state index in [1.165, 1.54) is 6.08 Å². The fourth-order valence-corrected chi connectivity index (χ4v) is 4.96. The normalized spacial score (nSPS) is 17.2. The van der Waals surface area contributed by atoms with Crippen LogP contribution in [0.5, 0.6) is 0 Å². The smallest absolute Gasteiger partial charge is 0.251 e. The molecule has 0 spiro atoms. The summed E-state index contributed by atoms with van der Waals surface area (Å²) in [5, 5.41) is 14.2. The first-order valence-corrected chi connectivity index (χ1v) is 13.8. The molecule has 10 nitrogen and oxygen atoms in total. The highest BCUT2D eigenvalue weighted by molar-refractivity contribution is 6.33. The summed E-state index contributed by atoms with van der Waals surface area (Å²) in [6.45, 7) is 2.04. The number of hydrogen-bond acceptors (Lipinski definition) is 7. The number of carbonyl (C=O) groups excluding carboxylic acids is 2. The number of anilines is 2. The van der Waals surface area contributed by atoms with Crippen LogP contribution in [-0.4, -0.2) is 77.5 Å². The maximum absolute atomic E-state index is 12.9. The molecule has 0 bridgehead atoms. The van der Waals surface area contributed by atoms with Gasteiger partial charge in [0.05, 0.1) is 16.9 Å². The largest absolute Gasteiger partial charge is 0.360 e. The van der Waals surface area contributed by atoms with Gasteiger partial charge >= 0.3 is 0 Å². The first-order chi connectivity index (χ1) is 19.9. The minimum absolute atomic E-state index is 0.00387. The predicted molar refractivity (Wildman–Crippen MR) is 163 cm³/mol. The zero-order valence-electron chi connectivity index (χ0n) is 22.9. The van der Waals surface area contributed by atoms with Crippen molar-refractivity contribution in [1.82, 2.24) is 30.5 Å². The van der Waals surface area contributed by atoms with E-state index in [9.17, 15) is 9.59 Å². The van der Waals surface area contributed by atoms with E-state index in [1.54, 1.807) is 36.5 Å². The van der Waals surface area contributed by atoms with Crippen molar-refractivity contribution >= 4 is 46.0 Å². The summed E-state index contributed by atoms with van der Waals surface area (Å²) in [6.07, 6.45) is 7.50. The highest BCUT2D eigenvalue weighted by Gasteiger charge is 2.24. The van der Waals surface area contributed by atoms with Gasteiger partial charge < -0.3 is 31.2 Å². The van der Waals surface area contributed by atoms with Crippen LogP contribution in [0.1, 0.15) is 16.8 Å². The number of aromatic nitrogens is 3. The molecule has 1 aliphatic rings. The van der Waals surface area contributed by atoms with Crippen LogP contribution in [0.4, 0.5) is 11.6 Å². The summed E-state index contributed by atoms with van der Waals surface area (Å²) in [7, 11) is 3.87. The topological polar surface area (TPSA) is 127 Å². The van der Waals surface area contributed by atoms with Crippen LogP contribution >= 0.6 is 11.6 Å². The molecule has 2 aromatic heterocycles. The monoisotopic (exact) mass is 572 g/mol. The summed E-state index contributed by atoms with van der Waals surface area (Å²) in [5.74, 6) is 0.0855. The van der Waals surface area contributed by atoms with Crippen molar-refractivity contribution in [2.45, 2.75) is 18.5 Å². The van der Waals surface area contributed by atoms with E-state index in [0.717, 1.165) is 16.5 Å². The molecule has 3 heterocycles. The van der Waals surface area contributed by atoms with Gasteiger partial charge in [-0.1, -0.05) is 35.9 Å². The number of rotatable bonds is 9. The molecule has 5 N–H and O–H groups in total. The number of piperidine rings is 1. The quantitative estimate of drug-likeness (QED) is 0.192. The van der Waals surface area contributed by atoms with Crippen LogP contribution in [0.2, 0.25) is 5.02 Å². The van der Waals surface area contributed by atoms with Crippen molar-refractivity contribution in [2.75, 3.05) is 44.4 Å². The number of amides is 2. The Bertz CT molecular complexity index is 1550. The third kappa shape index (κ3) is 7.29. The lowest BCUT2D eigenvalue weighted by Gasteiger charge is -2.31. The lowest BCUT2D eigenvalue weighted by Crippen LogP contribution is -2.52. The van der Waals surface area contributed by atoms with Crippen molar-refractivity contribution in [3.8, 4) is 11.3 Å². The minimum Gasteiger partial charge on any atom is -0.360 e. The number of nitrogens with zero attached hydrogens (tertiary/aromatic N) is 3. The summed E-state index contributed by atoms with van der Waals surface area (Å²) in [6, 6.07) is 14.8. The molecule has 0 radical (unpaired) electrons. The fourth-order valence-electron chi connectivity index (χ4n) is 4.77. The third-order valence-corrected chi connectivity index (χ3v) is 7.04. The van der Waals surface area contributed by atoms with Crippen molar-refractivity contribution < 1.29 is 9.59 Å². The van der Waals surface area contributed by atoms with Crippen LogP contribution in [0.25, 0.3) is 22.2 Å². The van der Waals surface area contributed by atoms with Gasteiger partial charge in [-0.15, -0.1) is 0 Å². The van der Waals surface area contributed by atoms with E-state index < -0.39 is 0 Å². The van der Waals surface area contributed by atoms with E-state index in [2.05, 4.69) is 31.2 Å². The van der Waals surface area contributed by atoms with Gasteiger partial charge in [0, 0.05) is 71.7 Å². The van der Waals surface area contributed by atoms with Gasteiger partial charge in [-0.05, 0) is 50.8 Å². The molecule has 0 unspecified atom stereocenters. The Balaban J connectivity index is 1.17. The summed E-state index contributed by atoms with van der Waals surface area (Å²) in [4.78, 5) is 39.3. The average molecular weight is 573 g/mol. The second kappa shape index (κ2) is 12.9. The molecule has 0 saturated carbocycles. The van der Waals surface area contributed by atoms with Crippen LogP contribution in [0.3, 0.4) is 0 Å². The molecule has 2 aromatic carbocycles. The van der Waals surface area contributed by atoms with Crippen LogP contribution in [-0.2, 0) is 4.79 Å². The number of fused-ring (bicyclic) bond motifs is 1. The minimum atomic E-state index is -0.214. The van der Waals surface area contributed by atoms with Gasteiger partial charge in [0.1, 0.15) is 0 Å². The molecular formula is C30H33ClN8O2. The predicted octanol–water partition coefficient (Wildman–Crippen LogP) is 3.91. The van der Waals surface area contributed by atoms with Crippen molar-refractivity contribution in [3.05, 3.63) is 83.7 Å². The molecule has 0 aliphatic carbocycles. The Kier molecular flexibility index (Phi) is 8.93. The lowest BCUT2D eigenvalue weighted by molar-refractivity contribution is -0.111. The first kappa shape index (κ1) is 28.3. The summed E-state index contributed by atoms with van der Waals surface area (Å²) >= 11 is 6.48. The van der Waals surface area contributed by atoms with E-state index in [4.69, 9.17) is 16.6 Å². The molecule has 2 amide bonds. The van der Waals surface area contributed by atoms with E-state index in [0.29, 0.717) is 54.0 Å². The zero-order chi connectivity index (χ0) is 28.8. The van der Waals surface area contributed by atoms with Gasteiger partial charge in [-0.2, -0.15) is 0 Å². The van der Waals surface area contributed by atoms with Crippen molar-refractivity contribution in [3.63, 3.8) is 0 Å². The molecular weight excluding hydrogens is 540 g/mol. The molecule has 2 atom stereocenters. The van der Waals surface area contributed by atoms with Crippen LogP contribution in [0, 0.1) is 0 Å². The molecule has 4 aromatic rings. The molecule has 1 aliphatic heterocycles. The summed E-state index contributed by atoms with van der Waals surface area (Å²) in [5.41, 5.74) is 3.72.